The van der Waals surface area contributed by atoms with Gasteiger partial charge in [-0.05, 0) is 33.9 Å². The molecule has 4 rings (SSSR count). The summed E-state index contributed by atoms with van der Waals surface area (Å²) in [6.07, 6.45) is 0. The number of phenols is 1. The van der Waals surface area contributed by atoms with Crippen LogP contribution in [-0.2, 0) is 0 Å². The zero-order chi connectivity index (χ0) is 21.8. The summed E-state index contributed by atoms with van der Waals surface area (Å²) in [6, 6.07) is 35.7. The molecule has 0 saturated carbocycles. The zero-order valence-electron chi connectivity index (χ0n) is 18.5. The first-order valence-electron chi connectivity index (χ1n) is 11.1. The van der Waals surface area contributed by atoms with E-state index in [0.29, 0.717) is 5.75 Å². The highest BCUT2D eigenvalue weighted by Crippen LogP contribution is 2.44. The van der Waals surface area contributed by atoms with E-state index in [1.165, 1.54) is 27.8 Å². The van der Waals surface area contributed by atoms with E-state index in [4.69, 9.17) is 0 Å². The third kappa shape index (κ3) is 4.27. The van der Waals surface area contributed by atoms with Crippen molar-refractivity contribution >= 4 is 0 Å². The van der Waals surface area contributed by atoms with Gasteiger partial charge in [0.2, 0.25) is 0 Å². The van der Waals surface area contributed by atoms with Crippen LogP contribution in [0.25, 0.3) is 0 Å². The second-order valence-corrected chi connectivity index (χ2v) is 8.40. The van der Waals surface area contributed by atoms with Crippen molar-refractivity contribution in [1.29, 1.82) is 0 Å². The molecule has 0 unspecified atom stereocenters. The summed E-state index contributed by atoms with van der Waals surface area (Å²) in [7, 11) is 0. The van der Waals surface area contributed by atoms with Gasteiger partial charge in [0.15, 0.2) is 0 Å². The zero-order valence-corrected chi connectivity index (χ0v) is 18.5. The quantitative estimate of drug-likeness (QED) is 0.346. The van der Waals surface area contributed by atoms with E-state index in [1.807, 2.05) is 12.1 Å². The SMILES string of the molecule is C[C@H](c1ccccc1)c1ccc(O)c([C@H](C)c2ccccc2)c1[C@@H](C)c1ccccc1. The first-order valence-corrected chi connectivity index (χ1v) is 11.1. The largest absolute Gasteiger partial charge is 0.508 e. The van der Waals surface area contributed by atoms with Crippen molar-refractivity contribution in [3.05, 3.63) is 137 Å². The average molecular weight is 407 g/mol. The first-order chi connectivity index (χ1) is 15.1. The number of rotatable bonds is 6. The number of benzene rings is 4. The smallest absolute Gasteiger partial charge is 0.119 e. The van der Waals surface area contributed by atoms with E-state index >= 15 is 0 Å². The van der Waals surface area contributed by atoms with Crippen LogP contribution < -0.4 is 0 Å². The molecule has 1 nitrogen and oxygen atoms in total. The molecular formula is C30H30O. The van der Waals surface area contributed by atoms with Crippen molar-refractivity contribution in [3.63, 3.8) is 0 Å². The van der Waals surface area contributed by atoms with Gasteiger partial charge in [0.1, 0.15) is 5.75 Å². The number of phenolic OH excluding ortho intramolecular Hbond substituents is 1. The summed E-state index contributed by atoms with van der Waals surface area (Å²) in [6.45, 7) is 6.72. The van der Waals surface area contributed by atoms with Crippen LogP contribution in [0.4, 0.5) is 0 Å². The van der Waals surface area contributed by atoms with E-state index in [0.717, 1.165) is 5.56 Å². The summed E-state index contributed by atoms with van der Waals surface area (Å²) in [4.78, 5) is 0. The van der Waals surface area contributed by atoms with Crippen LogP contribution in [0.2, 0.25) is 0 Å². The lowest BCUT2D eigenvalue weighted by Crippen LogP contribution is -2.12. The van der Waals surface area contributed by atoms with Crippen LogP contribution in [0.1, 0.15) is 71.9 Å². The number of aromatic hydroxyl groups is 1. The molecule has 0 spiro atoms. The first kappa shape index (κ1) is 20.9. The predicted molar refractivity (Wildman–Crippen MR) is 130 cm³/mol. The van der Waals surface area contributed by atoms with Crippen LogP contribution >= 0.6 is 0 Å². The molecule has 0 fully saturated rings. The maximum Gasteiger partial charge on any atom is 0.119 e. The minimum atomic E-state index is 0.0882. The minimum Gasteiger partial charge on any atom is -0.508 e. The summed E-state index contributed by atoms with van der Waals surface area (Å²) in [5.74, 6) is 0.851. The Balaban J connectivity index is 1.93. The van der Waals surface area contributed by atoms with Crippen molar-refractivity contribution in [2.75, 3.05) is 0 Å². The van der Waals surface area contributed by atoms with E-state index in [9.17, 15) is 5.11 Å². The molecule has 4 aromatic carbocycles. The Labute approximate surface area is 186 Å². The maximum atomic E-state index is 11.1. The Hall–Kier alpha value is -3.32. The van der Waals surface area contributed by atoms with Gasteiger partial charge in [0, 0.05) is 23.3 Å². The Bertz CT molecular complexity index is 1120. The van der Waals surface area contributed by atoms with Gasteiger partial charge in [0.05, 0.1) is 0 Å². The van der Waals surface area contributed by atoms with E-state index in [-0.39, 0.29) is 17.8 Å². The fraction of sp³-hybridized carbons (Fsp3) is 0.200. The van der Waals surface area contributed by atoms with Crippen molar-refractivity contribution in [1.82, 2.24) is 0 Å². The van der Waals surface area contributed by atoms with Crippen LogP contribution in [0.3, 0.4) is 0 Å². The molecule has 0 saturated heterocycles. The van der Waals surface area contributed by atoms with Crippen molar-refractivity contribution < 1.29 is 5.11 Å². The van der Waals surface area contributed by atoms with Gasteiger partial charge in [-0.3, -0.25) is 0 Å². The second-order valence-electron chi connectivity index (χ2n) is 8.40. The highest BCUT2D eigenvalue weighted by molar-refractivity contribution is 5.55. The molecule has 0 heterocycles. The maximum absolute atomic E-state index is 11.1. The predicted octanol–water partition coefficient (Wildman–Crippen LogP) is 7.85. The topological polar surface area (TPSA) is 20.2 Å². The van der Waals surface area contributed by atoms with Gasteiger partial charge in [-0.25, -0.2) is 0 Å². The second kappa shape index (κ2) is 9.22. The molecule has 0 bridgehead atoms. The average Bonchev–Trinajstić information content (AvgIpc) is 2.84. The third-order valence-electron chi connectivity index (χ3n) is 6.53. The Morgan fingerprint density at radius 3 is 1.29 bits per heavy atom. The lowest BCUT2D eigenvalue weighted by molar-refractivity contribution is 0.463. The van der Waals surface area contributed by atoms with Crippen molar-refractivity contribution in [2.24, 2.45) is 0 Å². The minimum absolute atomic E-state index is 0.0882. The third-order valence-corrected chi connectivity index (χ3v) is 6.53. The fourth-order valence-electron chi connectivity index (χ4n) is 4.70. The van der Waals surface area contributed by atoms with E-state index in [1.54, 1.807) is 0 Å². The summed E-state index contributed by atoms with van der Waals surface area (Å²) in [5.41, 5.74) is 7.30. The molecule has 1 heteroatoms. The van der Waals surface area contributed by atoms with Gasteiger partial charge in [0.25, 0.3) is 0 Å². The van der Waals surface area contributed by atoms with Crippen LogP contribution in [0.5, 0.6) is 5.75 Å². The van der Waals surface area contributed by atoms with Gasteiger partial charge >= 0.3 is 0 Å². The summed E-state index contributed by atoms with van der Waals surface area (Å²) < 4.78 is 0. The fourth-order valence-corrected chi connectivity index (χ4v) is 4.70. The van der Waals surface area contributed by atoms with Gasteiger partial charge < -0.3 is 5.11 Å². The molecule has 0 aromatic heterocycles. The number of hydrogen-bond donors (Lipinski definition) is 1. The molecule has 31 heavy (non-hydrogen) atoms. The summed E-state index contributed by atoms with van der Waals surface area (Å²) >= 11 is 0. The lowest BCUT2D eigenvalue weighted by atomic mass is 9.76. The summed E-state index contributed by atoms with van der Waals surface area (Å²) in [5, 5.41) is 11.1. The highest BCUT2D eigenvalue weighted by Gasteiger charge is 2.26. The monoisotopic (exact) mass is 406 g/mol. The lowest BCUT2D eigenvalue weighted by Gasteiger charge is -2.28. The highest BCUT2D eigenvalue weighted by atomic mass is 16.3. The molecule has 0 aliphatic heterocycles. The standard InChI is InChI=1S/C30H30O/c1-21(24-13-7-4-8-14-24)27-19-20-28(31)30(23(3)26-17-11-6-12-18-26)29(27)22(2)25-15-9-5-10-16-25/h4-23,31H,1-3H3/t21-,22+,23-/m1/s1. The molecule has 0 amide bonds. The Kier molecular flexibility index (Phi) is 6.23. The normalized spacial score (nSPS) is 14.0. The molecule has 3 atom stereocenters. The van der Waals surface area contributed by atoms with Crippen molar-refractivity contribution in [2.45, 2.75) is 38.5 Å². The molecule has 1 N–H and O–H groups in total. The molecule has 0 aliphatic carbocycles. The Morgan fingerprint density at radius 2 is 0.839 bits per heavy atom. The van der Waals surface area contributed by atoms with Crippen LogP contribution in [0.15, 0.2) is 103 Å². The molecular weight excluding hydrogens is 376 g/mol. The molecule has 0 aliphatic rings. The van der Waals surface area contributed by atoms with Crippen LogP contribution in [0, 0.1) is 0 Å². The van der Waals surface area contributed by atoms with E-state index in [2.05, 4.69) is 112 Å². The van der Waals surface area contributed by atoms with Gasteiger partial charge in [-0.15, -0.1) is 0 Å². The van der Waals surface area contributed by atoms with Gasteiger partial charge in [-0.2, -0.15) is 0 Å². The number of hydrogen-bond acceptors (Lipinski definition) is 1. The van der Waals surface area contributed by atoms with Gasteiger partial charge in [-0.1, -0.05) is 118 Å². The molecule has 156 valence electrons. The van der Waals surface area contributed by atoms with Crippen LogP contribution in [-0.4, -0.2) is 5.11 Å². The van der Waals surface area contributed by atoms with E-state index < -0.39 is 0 Å². The molecule has 0 radical (unpaired) electrons. The molecule has 4 aromatic rings. The van der Waals surface area contributed by atoms with Crippen molar-refractivity contribution in [3.8, 4) is 5.75 Å². The Morgan fingerprint density at radius 1 is 0.452 bits per heavy atom.